The summed E-state index contributed by atoms with van der Waals surface area (Å²) in [6, 6.07) is 10.3. The Balaban J connectivity index is 2.07. The van der Waals surface area contributed by atoms with Gasteiger partial charge in [0.15, 0.2) is 10.6 Å². The molecule has 0 bridgehead atoms. The highest BCUT2D eigenvalue weighted by Gasteiger charge is 2.32. The van der Waals surface area contributed by atoms with E-state index in [-0.39, 0.29) is 5.92 Å². The smallest absolute Gasteiger partial charge is 0.177 e. The van der Waals surface area contributed by atoms with E-state index >= 15 is 0 Å². The van der Waals surface area contributed by atoms with Gasteiger partial charge in [0.2, 0.25) is 0 Å². The van der Waals surface area contributed by atoms with Crippen molar-refractivity contribution in [1.29, 1.82) is 0 Å². The standard InChI is InChI=1S/C15H13N5S2/c1-7-9-10(8-5-3-2-4-6-8)11-12(16-13(9)20-19-7)17-15(22)18-14(11)21/h2-6,10H,1H3,(H4,16,17,18,19,20,21,22). The van der Waals surface area contributed by atoms with Crippen molar-refractivity contribution in [2.24, 2.45) is 0 Å². The molecule has 0 fully saturated rings. The first kappa shape index (κ1) is 13.4. The number of rotatable bonds is 1. The van der Waals surface area contributed by atoms with Crippen LogP contribution in [0.4, 0.5) is 11.6 Å². The average Bonchev–Trinajstić information content (AvgIpc) is 2.87. The molecule has 1 aliphatic rings. The van der Waals surface area contributed by atoms with E-state index < -0.39 is 0 Å². The zero-order valence-corrected chi connectivity index (χ0v) is 13.4. The Kier molecular flexibility index (Phi) is 2.98. The zero-order valence-electron chi connectivity index (χ0n) is 11.7. The lowest BCUT2D eigenvalue weighted by Gasteiger charge is -2.26. The minimum absolute atomic E-state index is 0.0156. The van der Waals surface area contributed by atoms with Crippen LogP contribution >= 0.6 is 24.4 Å². The van der Waals surface area contributed by atoms with Crippen molar-refractivity contribution in [3.63, 3.8) is 0 Å². The highest BCUT2D eigenvalue weighted by atomic mass is 32.1. The fourth-order valence-corrected chi connectivity index (χ4v) is 3.59. The van der Waals surface area contributed by atoms with E-state index in [0.717, 1.165) is 28.5 Å². The SMILES string of the molecule is Cc1[nH]nc2c1C(c1ccccc1)c1c([nH]c(=S)[nH]c1=S)N2. The fraction of sp³-hybridized carbons (Fsp3) is 0.133. The molecule has 22 heavy (non-hydrogen) atoms. The van der Waals surface area contributed by atoms with Crippen LogP contribution in [0.3, 0.4) is 0 Å². The Hall–Kier alpha value is -2.25. The Morgan fingerprint density at radius 2 is 1.82 bits per heavy atom. The van der Waals surface area contributed by atoms with Gasteiger partial charge in [0.25, 0.3) is 0 Å². The molecule has 0 aliphatic carbocycles. The molecule has 1 aliphatic heterocycles. The van der Waals surface area contributed by atoms with E-state index in [1.54, 1.807) is 0 Å². The molecule has 0 saturated heterocycles. The molecule has 4 rings (SSSR count). The first-order chi connectivity index (χ1) is 10.6. The molecule has 0 spiro atoms. The molecule has 0 radical (unpaired) electrons. The number of aromatic amines is 3. The van der Waals surface area contributed by atoms with Gasteiger partial charge in [-0.1, -0.05) is 42.5 Å². The molecular formula is C15H13N5S2. The Bertz CT molecular complexity index is 968. The lowest BCUT2D eigenvalue weighted by atomic mass is 9.84. The number of hydrogen-bond donors (Lipinski definition) is 4. The number of nitrogens with zero attached hydrogens (tertiary/aromatic N) is 1. The summed E-state index contributed by atoms with van der Waals surface area (Å²) in [4.78, 5) is 6.19. The number of nitrogens with one attached hydrogen (secondary N) is 4. The van der Waals surface area contributed by atoms with Crippen LogP contribution in [0.1, 0.15) is 28.3 Å². The molecule has 3 aromatic rings. The lowest BCUT2D eigenvalue weighted by Crippen LogP contribution is -2.16. The summed E-state index contributed by atoms with van der Waals surface area (Å²) < 4.78 is 1.14. The summed E-state index contributed by atoms with van der Waals surface area (Å²) in [7, 11) is 0. The van der Waals surface area contributed by atoms with Gasteiger partial charge in [-0.3, -0.25) is 5.10 Å². The van der Waals surface area contributed by atoms with Crippen molar-refractivity contribution in [1.82, 2.24) is 20.2 Å². The molecule has 0 saturated carbocycles. The van der Waals surface area contributed by atoms with Crippen molar-refractivity contribution in [3.8, 4) is 0 Å². The van der Waals surface area contributed by atoms with Crippen LogP contribution in [-0.4, -0.2) is 20.2 Å². The lowest BCUT2D eigenvalue weighted by molar-refractivity contribution is 0.906. The first-order valence-corrected chi connectivity index (χ1v) is 7.70. The van der Waals surface area contributed by atoms with E-state index in [0.29, 0.717) is 9.41 Å². The molecule has 5 nitrogen and oxygen atoms in total. The van der Waals surface area contributed by atoms with E-state index in [9.17, 15) is 0 Å². The highest BCUT2D eigenvalue weighted by molar-refractivity contribution is 7.72. The van der Waals surface area contributed by atoms with Gasteiger partial charge in [-0.25, -0.2) is 0 Å². The molecular weight excluding hydrogens is 314 g/mol. The third-order valence-corrected chi connectivity index (χ3v) is 4.45. The van der Waals surface area contributed by atoms with E-state index in [2.05, 4.69) is 37.6 Å². The largest absolute Gasteiger partial charge is 0.324 e. The van der Waals surface area contributed by atoms with Crippen molar-refractivity contribution < 1.29 is 0 Å². The van der Waals surface area contributed by atoms with E-state index in [1.165, 1.54) is 5.56 Å². The van der Waals surface area contributed by atoms with Crippen LogP contribution in [0.25, 0.3) is 0 Å². The molecule has 110 valence electrons. The molecule has 7 heteroatoms. The zero-order chi connectivity index (χ0) is 15.3. The van der Waals surface area contributed by atoms with Crippen molar-refractivity contribution in [2.75, 3.05) is 5.32 Å². The van der Waals surface area contributed by atoms with Gasteiger partial charge in [0.1, 0.15) is 10.5 Å². The summed E-state index contributed by atoms with van der Waals surface area (Å²) in [5, 5.41) is 10.7. The number of fused-ring (bicyclic) bond motifs is 2. The quantitative estimate of drug-likeness (QED) is 0.398. The first-order valence-electron chi connectivity index (χ1n) is 6.88. The van der Waals surface area contributed by atoms with Crippen molar-refractivity contribution in [3.05, 3.63) is 62.1 Å². The summed E-state index contributed by atoms with van der Waals surface area (Å²) in [6.45, 7) is 2.02. The second-order valence-electron chi connectivity index (χ2n) is 5.28. The van der Waals surface area contributed by atoms with Crippen molar-refractivity contribution >= 4 is 36.1 Å². The van der Waals surface area contributed by atoms with Gasteiger partial charge in [-0.05, 0) is 24.7 Å². The Labute approximate surface area is 136 Å². The summed E-state index contributed by atoms with van der Waals surface area (Å²) in [6.07, 6.45) is 0. The number of H-pyrrole nitrogens is 3. The second-order valence-corrected chi connectivity index (χ2v) is 6.09. The molecule has 2 aromatic heterocycles. The molecule has 1 atom stereocenters. The van der Waals surface area contributed by atoms with Crippen LogP contribution in [0, 0.1) is 16.3 Å². The van der Waals surface area contributed by atoms with Gasteiger partial charge in [-0.15, -0.1) is 0 Å². The van der Waals surface area contributed by atoms with Crippen LogP contribution in [0.15, 0.2) is 30.3 Å². The summed E-state index contributed by atoms with van der Waals surface area (Å²) in [5.74, 6) is 1.63. The molecule has 3 heterocycles. The minimum Gasteiger partial charge on any atom is -0.324 e. The van der Waals surface area contributed by atoms with Gasteiger partial charge >= 0.3 is 0 Å². The number of aromatic nitrogens is 4. The number of aryl methyl sites for hydroxylation is 1. The van der Waals surface area contributed by atoms with Crippen LogP contribution in [-0.2, 0) is 0 Å². The van der Waals surface area contributed by atoms with Crippen molar-refractivity contribution in [2.45, 2.75) is 12.8 Å². The number of benzene rings is 1. The minimum atomic E-state index is 0.0156. The second kappa shape index (κ2) is 4.89. The van der Waals surface area contributed by atoms with Gasteiger partial charge < -0.3 is 15.3 Å². The van der Waals surface area contributed by atoms with Gasteiger partial charge in [0.05, 0.1) is 0 Å². The number of anilines is 2. The highest BCUT2D eigenvalue weighted by Crippen LogP contribution is 2.44. The Morgan fingerprint density at radius 1 is 1.05 bits per heavy atom. The third-order valence-electron chi connectivity index (χ3n) is 3.93. The third kappa shape index (κ3) is 1.93. The summed E-state index contributed by atoms with van der Waals surface area (Å²) >= 11 is 10.7. The maximum atomic E-state index is 5.54. The van der Waals surface area contributed by atoms with Gasteiger partial charge in [-0.2, -0.15) is 5.10 Å². The predicted octanol–water partition coefficient (Wildman–Crippen LogP) is 4.07. The van der Waals surface area contributed by atoms with E-state index in [4.69, 9.17) is 24.4 Å². The van der Waals surface area contributed by atoms with Crippen LogP contribution in [0.5, 0.6) is 0 Å². The molecule has 4 N–H and O–H groups in total. The maximum absolute atomic E-state index is 5.54. The molecule has 0 amide bonds. The average molecular weight is 327 g/mol. The normalized spacial score (nSPS) is 15.8. The molecule has 1 unspecified atom stereocenters. The molecule has 1 aromatic carbocycles. The monoisotopic (exact) mass is 327 g/mol. The maximum Gasteiger partial charge on any atom is 0.177 e. The van der Waals surface area contributed by atoms with Gasteiger partial charge in [0, 0.05) is 22.7 Å². The van der Waals surface area contributed by atoms with Crippen LogP contribution < -0.4 is 5.32 Å². The van der Waals surface area contributed by atoms with E-state index in [1.807, 2.05) is 25.1 Å². The predicted molar refractivity (Wildman–Crippen MR) is 90.8 cm³/mol. The Morgan fingerprint density at radius 3 is 2.59 bits per heavy atom. The number of hydrogen-bond acceptors (Lipinski definition) is 4. The topological polar surface area (TPSA) is 72.3 Å². The van der Waals surface area contributed by atoms with Crippen LogP contribution in [0.2, 0.25) is 0 Å². The summed E-state index contributed by atoms with van der Waals surface area (Å²) in [5.41, 5.74) is 4.30. The fourth-order valence-electron chi connectivity index (χ4n) is 3.00.